The molecular formula is C12H21N5O2. The van der Waals surface area contributed by atoms with Crippen LogP contribution < -0.4 is 15.0 Å². The number of morpholine rings is 1. The van der Waals surface area contributed by atoms with Crippen molar-refractivity contribution in [3.05, 3.63) is 0 Å². The molecule has 1 aliphatic heterocycles. The molecule has 19 heavy (non-hydrogen) atoms. The molecule has 1 aromatic rings. The standard InChI is InChI=1S/C12H21N5O2/c1-5-13-9-14-10(16-11(15-9)18-4)17-6-7-19-8-12(17,2)3/h5-8H2,1-4H3,(H,13,14,15,16). The van der Waals surface area contributed by atoms with Gasteiger partial charge < -0.3 is 19.7 Å². The smallest absolute Gasteiger partial charge is 0.322 e. The number of nitrogens with one attached hydrogen (secondary N) is 1. The van der Waals surface area contributed by atoms with Crippen molar-refractivity contribution in [3.63, 3.8) is 0 Å². The molecule has 2 rings (SSSR count). The first-order chi connectivity index (χ1) is 9.06. The van der Waals surface area contributed by atoms with E-state index in [1.165, 1.54) is 0 Å². The van der Waals surface area contributed by atoms with Crippen LogP contribution in [0.1, 0.15) is 20.8 Å². The molecule has 2 heterocycles. The topological polar surface area (TPSA) is 72.4 Å². The van der Waals surface area contributed by atoms with Crippen molar-refractivity contribution in [3.8, 4) is 6.01 Å². The summed E-state index contributed by atoms with van der Waals surface area (Å²) in [5.41, 5.74) is -0.145. The summed E-state index contributed by atoms with van der Waals surface area (Å²) in [5, 5.41) is 3.09. The zero-order valence-electron chi connectivity index (χ0n) is 11.9. The molecule has 0 aliphatic carbocycles. The second kappa shape index (κ2) is 5.56. The van der Waals surface area contributed by atoms with Crippen LogP contribution in [0.3, 0.4) is 0 Å². The molecule has 0 atom stereocenters. The third-order valence-corrected chi connectivity index (χ3v) is 3.01. The van der Waals surface area contributed by atoms with Gasteiger partial charge in [0.05, 0.1) is 25.9 Å². The lowest BCUT2D eigenvalue weighted by molar-refractivity contribution is 0.0633. The van der Waals surface area contributed by atoms with Crippen molar-refractivity contribution in [2.45, 2.75) is 26.3 Å². The van der Waals surface area contributed by atoms with Gasteiger partial charge in [0.2, 0.25) is 11.9 Å². The third kappa shape index (κ3) is 3.04. The fourth-order valence-electron chi connectivity index (χ4n) is 2.02. The van der Waals surface area contributed by atoms with Gasteiger partial charge in [-0.15, -0.1) is 0 Å². The van der Waals surface area contributed by atoms with Crippen LogP contribution in [0.25, 0.3) is 0 Å². The molecule has 1 N–H and O–H groups in total. The number of ether oxygens (including phenoxy) is 2. The molecule has 1 aliphatic rings. The Labute approximate surface area is 113 Å². The normalized spacial score (nSPS) is 18.2. The summed E-state index contributed by atoms with van der Waals surface area (Å²) in [6, 6.07) is 0.322. The lowest BCUT2D eigenvalue weighted by Crippen LogP contribution is -2.54. The van der Waals surface area contributed by atoms with E-state index in [2.05, 4.69) is 39.0 Å². The minimum atomic E-state index is -0.145. The number of hydrogen-bond acceptors (Lipinski definition) is 7. The molecule has 0 spiro atoms. The summed E-state index contributed by atoms with van der Waals surface area (Å²) in [6.45, 7) is 9.04. The van der Waals surface area contributed by atoms with Crippen LogP contribution in [0.4, 0.5) is 11.9 Å². The maximum Gasteiger partial charge on any atom is 0.322 e. The van der Waals surface area contributed by atoms with Crippen LogP contribution in [0.15, 0.2) is 0 Å². The van der Waals surface area contributed by atoms with Gasteiger partial charge in [-0.25, -0.2) is 0 Å². The molecule has 0 amide bonds. The van der Waals surface area contributed by atoms with E-state index < -0.39 is 0 Å². The number of aromatic nitrogens is 3. The van der Waals surface area contributed by atoms with E-state index in [-0.39, 0.29) is 5.54 Å². The monoisotopic (exact) mass is 267 g/mol. The van der Waals surface area contributed by atoms with Crippen LogP contribution in [-0.2, 0) is 4.74 Å². The summed E-state index contributed by atoms with van der Waals surface area (Å²) in [6.07, 6.45) is 0. The number of nitrogens with zero attached hydrogens (tertiary/aromatic N) is 4. The molecule has 0 unspecified atom stereocenters. The quantitative estimate of drug-likeness (QED) is 0.869. The molecule has 7 heteroatoms. The Hall–Kier alpha value is -1.63. The predicted octanol–water partition coefficient (Wildman–Crippen LogP) is 0.927. The van der Waals surface area contributed by atoms with Crippen LogP contribution >= 0.6 is 0 Å². The van der Waals surface area contributed by atoms with Crippen molar-refractivity contribution >= 4 is 11.9 Å². The highest BCUT2D eigenvalue weighted by Crippen LogP contribution is 2.25. The highest BCUT2D eigenvalue weighted by molar-refractivity contribution is 5.41. The summed E-state index contributed by atoms with van der Waals surface area (Å²) < 4.78 is 10.7. The number of anilines is 2. The van der Waals surface area contributed by atoms with Crippen LogP contribution in [-0.4, -0.2) is 53.9 Å². The number of hydrogen-bond donors (Lipinski definition) is 1. The van der Waals surface area contributed by atoms with Gasteiger partial charge in [-0.05, 0) is 20.8 Å². The minimum Gasteiger partial charge on any atom is -0.467 e. The summed E-state index contributed by atoms with van der Waals surface area (Å²) in [5.74, 6) is 1.16. The van der Waals surface area contributed by atoms with Crippen molar-refractivity contribution < 1.29 is 9.47 Å². The lowest BCUT2D eigenvalue weighted by Gasteiger charge is -2.42. The maximum atomic E-state index is 5.51. The Balaban J connectivity index is 2.34. The Morgan fingerprint density at radius 2 is 2.16 bits per heavy atom. The average Bonchev–Trinajstić information content (AvgIpc) is 2.38. The van der Waals surface area contributed by atoms with Crippen LogP contribution in [0.2, 0.25) is 0 Å². The molecule has 0 saturated carbocycles. The van der Waals surface area contributed by atoms with Crippen molar-refractivity contribution in [2.75, 3.05) is 43.6 Å². The Morgan fingerprint density at radius 3 is 2.79 bits per heavy atom. The number of rotatable bonds is 4. The van der Waals surface area contributed by atoms with Crippen molar-refractivity contribution in [2.24, 2.45) is 0 Å². The minimum absolute atomic E-state index is 0.145. The number of methoxy groups -OCH3 is 1. The fraction of sp³-hybridized carbons (Fsp3) is 0.750. The third-order valence-electron chi connectivity index (χ3n) is 3.01. The van der Waals surface area contributed by atoms with Crippen LogP contribution in [0, 0.1) is 0 Å². The van der Waals surface area contributed by atoms with E-state index in [0.29, 0.717) is 31.1 Å². The Kier molecular flexibility index (Phi) is 4.04. The van der Waals surface area contributed by atoms with Crippen LogP contribution in [0.5, 0.6) is 6.01 Å². The average molecular weight is 267 g/mol. The molecular weight excluding hydrogens is 246 g/mol. The molecule has 0 radical (unpaired) electrons. The SMILES string of the molecule is CCNc1nc(OC)nc(N2CCOCC2(C)C)n1. The molecule has 0 bridgehead atoms. The zero-order chi connectivity index (χ0) is 13.9. The van der Waals surface area contributed by atoms with Gasteiger partial charge >= 0.3 is 6.01 Å². The largest absolute Gasteiger partial charge is 0.467 e. The highest BCUT2D eigenvalue weighted by atomic mass is 16.5. The molecule has 1 saturated heterocycles. The van der Waals surface area contributed by atoms with Gasteiger partial charge in [0.15, 0.2) is 0 Å². The van der Waals surface area contributed by atoms with Gasteiger partial charge in [-0.3, -0.25) is 0 Å². The fourth-order valence-corrected chi connectivity index (χ4v) is 2.02. The van der Waals surface area contributed by atoms with Gasteiger partial charge in [-0.1, -0.05) is 0 Å². The molecule has 7 nitrogen and oxygen atoms in total. The maximum absolute atomic E-state index is 5.51. The van der Waals surface area contributed by atoms with Crippen molar-refractivity contribution in [1.29, 1.82) is 0 Å². The zero-order valence-corrected chi connectivity index (χ0v) is 11.9. The van der Waals surface area contributed by atoms with Gasteiger partial charge in [0.25, 0.3) is 0 Å². The Morgan fingerprint density at radius 1 is 1.37 bits per heavy atom. The molecule has 106 valence electrons. The first-order valence-electron chi connectivity index (χ1n) is 6.46. The van der Waals surface area contributed by atoms with E-state index in [0.717, 1.165) is 13.1 Å². The Bertz CT molecular complexity index is 438. The molecule has 0 aromatic carbocycles. The van der Waals surface area contributed by atoms with E-state index in [9.17, 15) is 0 Å². The highest BCUT2D eigenvalue weighted by Gasteiger charge is 2.33. The first kappa shape index (κ1) is 13.8. The molecule has 1 fully saturated rings. The first-order valence-corrected chi connectivity index (χ1v) is 6.46. The van der Waals surface area contributed by atoms with Gasteiger partial charge in [-0.2, -0.15) is 15.0 Å². The predicted molar refractivity (Wildman–Crippen MR) is 72.8 cm³/mol. The second-order valence-corrected chi connectivity index (χ2v) is 4.99. The van der Waals surface area contributed by atoms with E-state index in [4.69, 9.17) is 9.47 Å². The second-order valence-electron chi connectivity index (χ2n) is 4.99. The summed E-state index contributed by atoms with van der Waals surface area (Å²) in [7, 11) is 1.55. The summed E-state index contributed by atoms with van der Waals surface area (Å²) >= 11 is 0. The lowest BCUT2D eigenvalue weighted by atomic mass is 10.0. The van der Waals surface area contributed by atoms with E-state index in [1.807, 2.05) is 6.92 Å². The van der Waals surface area contributed by atoms with E-state index in [1.54, 1.807) is 7.11 Å². The van der Waals surface area contributed by atoms with Crippen molar-refractivity contribution in [1.82, 2.24) is 15.0 Å². The van der Waals surface area contributed by atoms with Gasteiger partial charge in [0, 0.05) is 13.1 Å². The van der Waals surface area contributed by atoms with Gasteiger partial charge in [0.1, 0.15) is 0 Å². The summed E-state index contributed by atoms with van der Waals surface area (Å²) in [4.78, 5) is 15.1. The van der Waals surface area contributed by atoms with E-state index >= 15 is 0 Å². The molecule has 1 aromatic heterocycles.